The predicted molar refractivity (Wildman–Crippen MR) is 57.7 cm³/mol. The molecule has 0 saturated heterocycles. The van der Waals surface area contributed by atoms with Gasteiger partial charge in [-0.2, -0.15) is 0 Å². The van der Waals surface area contributed by atoms with Gasteiger partial charge in [0.15, 0.2) is 0 Å². The number of nitrogens with zero attached hydrogens (tertiary/aromatic N) is 2. The van der Waals surface area contributed by atoms with Crippen LogP contribution in [0.5, 0.6) is 0 Å². The van der Waals surface area contributed by atoms with Gasteiger partial charge in [0.2, 0.25) is 0 Å². The Morgan fingerprint density at radius 2 is 2.19 bits per heavy atom. The first-order chi connectivity index (χ1) is 7.65. The zero-order valence-corrected chi connectivity index (χ0v) is 8.90. The van der Waals surface area contributed by atoms with Crippen molar-refractivity contribution in [2.24, 2.45) is 7.05 Å². The van der Waals surface area contributed by atoms with E-state index in [1.54, 1.807) is 0 Å². The summed E-state index contributed by atoms with van der Waals surface area (Å²) >= 11 is 0. The number of rotatable bonds is 1. The normalized spacial score (nSPS) is 16.8. The van der Waals surface area contributed by atoms with Gasteiger partial charge in [0.1, 0.15) is 17.2 Å². The van der Waals surface area contributed by atoms with Crippen LogP contribution in [0.25, 0.3) is 11.0 Å². The zero-order valence-electron chi connectivity index (χ0n) is 8.90. The first-order valence-corrected chi connectivity index (χ1v) is 5.27. The molecule has 4 heteroatoms. The topological polar surface area (TPSA) is 34.9 Å². The molecule has 2 heterocycles. The Kier molecular flexibility index (Phi) is 1.87. The fourth-order valence-corrected chi connectivity index (χ4v) is 2.30. The molecule has 1 aliphatic rings. The van der Waals surface area contributed by atoms with Crippen molar-refractivity contribution in [3.05, 3.63) is 29.8 Å². The van der Waals surface area contributed by atoms with Crippen LogP contribution >= 0.6 is 0 Å². The molecule has 0 radical (unpaired) electrons. The lowest BCUT2D eigenvalue weighted by molar-refractivity contribution is -0.124. The molecular weight excluding hydrogens is 207 g/mol. The molecule has 3 nitrogen and oxygen atoms in total. The number of pyridine rings is 1. The Morgan fingerprint density at radius 3 is 2.88 bits per heavy atom. The summed E-state index contributed by atoms with van der Waals surface area (Å²) in [7, 11) is 1.91. The van der Waals surface area contributed by atoms with Crippen molar-refractivity contribution in [1.82, 2.24) is 9.55 Å². The number of Topliss-reactive ketones (excluding diaryl/α,β-unsaturated/α-hetero) is 1. The first-order valence-electron chi connectivity index (χ1n) is 5.27. The summed E-state index contributed by atoms with van der Waals surface area (Å²) in [6.07, 6.45) is 2.43. The van der Waals surface area contributed by atoms with E-state index in [1.807, 2.05) is 17.7 Å². The summed E-state index contributed by atoms with van der Waals surface area (Å²) in [6, 6.07) is 3.41. The van der Waals surface area contributed by atoms with E-state index >= 15 is 0 Å². The van der Waals surface area contributed by atoms with Crippen LogP contribution < -0.4 is 0 Å². The highest BCUT2D eigenvalue weighted by molar-refractivity contribution is 5.87. The van der Waals surface area contributed by atoms with E-state index in [1.165, 1.54) is 12.3 Å². The molecule has 1 fully saturated rings. The summed E-state index contributed by atoms with van der Waals surface area (Å²) in [5.74, 6) is 0.262. The number of hydrogen-bond acceptors (Lipinski definition) is 2. The quantitative estimate of drug-likeness (QED) is 0.735. The van der Waals surface area contributed by atoms with Crippen LogP contribution in [0.1, 0.15) is 24.5 Å². The Morgan fingerprint density at radius 1 is 1.44 bits per heavy atom. The maximum atomic E-state index is 13.0. The smallest absolute Gasteiger partial charge is 0.142 e. The highest BCUT2D eigenvalue weighted by Gasteiger charge is 2.30. The number of aryl methyl sites for hydroxylation is 1. The summed E-state index contributed by atoms with van der Waals surface area (Å²) in [4.78, 5) is 15.0. The third kappa shape index (κ3) is 1.26. The summed E-state index contributed by atoms with van der Waals surface area (Å²) in [5.41, 5.74) is 1.85. The van der Waals surface area contributed by atoms with Crippen molar-refractivity contribution in [2.75, 3.05) is 0 Å². The van der Waals surface area contributed by atoms with Crippen LogP contribution in [0, 0.1) is 5.82 Å². The number of carbonyl (C=O) groups is 1. The van der Waals surface area contributed by atoms with Crippen LogP contribution in [0.2, 0.25) is 0 Å². The fraction of sp³-hybridized carbons (Fsp3) is 0.333. The van der Waals surface area contributed by atoms with E-state index in [0.29, 0.717) is 18.6 Å². The van der Waals surface area contributed by atoms with Crippen LogP contribution in [0.4, 0.5) is 4.39 Å². The molecule has 3 rings (SSSR count). The van der Waals surface area contributed by atoms with Gasteiger partial charge in [0.25, 0.3) is 0 Å². The van der Waals surface area contributed by atoms with Gasteiger partial charge >= 0.3 is 0 Å². The SMILES string of the molecule is Cn1c(C2CC(=O)C2)cc2cc(F)cnc21. The van der Waals surface area contributed by atoms with Gasteiger partial charge in [0.05, 0.1) is 6.20 Å². The second kappa shape index (κ2) is 3.14. The van der Waals surface area contributed by atoms with Gasteiger partial charge in [-0.1, -0.05) is 0 Å². The molecule has 0 atom stereocenters. The van der Waals surface area contributed by atoms with E-state index in [9.17, 15) is 9.18 Å². The summed E-state index contributed by atoms with van der Waals surface area (Å²) in [5, 5.41) is 0.803. The Labute approximate surface area is 91.9 Å². The van der Waals surface area contributed by atoms with Gasteiger partial charge in [-0.3, -0.25) is 4.79 Å². The molecule has 0 spiro atoms. The summed E-state index contributed by atoms with van der Waals surface area (Å²) in [6.45, 7) is 0. The zero-order chi connectivity index (χ0) is 11.3. The largest absolute Gasteiger partial charge is 0.332 e. The van der Waals surface area contributed by atoms with Crippen LogP contribution in [-0.4, -0.2) is 15.3 Å². The average Bonchev–Trinajstić information content (AvgIpc) is 2.51. The molecule has 1 saturated carbocycles. The maximum absolute atomic E-state index is 13.0. The second-order valence-corrected chi connectivity index (χ2v) is 4.34. The molecule has 0 aliphatic heterocycles. The van der Waals surface area contributed by atoms with Crippen molar-refractivity contribution in [2.45, 2.75) is 18.8 Å². The van der Waals surface area contributed by atoms with Gasteiger partial charge in [0, 0.05) is 36.9 Å². The number of ketones is 1. The van der Waals surface area contributed by atoms with E-state index in [4.69, 9.17) is 0 Å². The van der Waals surface area contributed by atoms with Crippen LogP contribution in [-0.2, 0) is 11.8 Å². The molecule has 0 bridgehead atoms. The standard InChI is InChI=1S/C12H11FN2O/c1-15-11(7-3-10(16)4-7)5-8-2-9(13)6-14-12(8)15/h2,5-7H,3-4H2,1H3. The van der Waals surface area contributed by atoms with E-state index in [-0.39, 0.29) is 11.7 Å². The van der Waals surface area contributed by atoms with Crippen molar-refractivity contribution in [3.63, 3.8) is 0 Å². The highest BCUT2D eigenvalue weighted by Crippen LogP contribution is 2.35. The molecule has 82 valence electrons. The third-order valence-electron chi connectivity index (χ3n) is 3.24. The minimum Gasteiger partial charge on any atom is -0.332 e. The van der Waals surface area contributed by atoms with Crippen LogP contribution in [0.15, 0.2) is 18.3 Å². The molecule has 2 aromatic heterocycles. The highest BCUT2D eigenvalue weighted by atomic mass is 19.1. The lowest BCUT2D eigenvalue weighted by atomic mass is 9.81. The Balaban J connectivity index is 2.12. The number of halogens is 1. The number of hydrogen-bond donors (Lipinski definition) is 0. The van der Waals surface area contributed by atoms with Gasteiger partial charge in [-0.25, -0.2) is 9.37 Å². The third-order valence-corrected chi connectivity index (χ3v) is 3.24. The number of aromatic nitrogens is 2. The average molecular weight is 218 g/mol. The second-order valence-electron chi connectivity index (χ2n) is 4.34. The van der Waals surface area contributed by atoms with Crippen molar-refractivity contribution in [1.29, 1.82) is 0 Å². The van der Waals surface area contributed by atoms with E-state index in [2.05, 4.69) is 4.98 Å². The molecule has 1 aliphatic carbocycles. The van der Waals surface area contributed by atoms with Gasteiger partial charge in [-0.15, -0.1) is 0 Å². The minimum absolute atomic E-state index is 0.287. The number of fused-ring (bicyclic) bond motifs is 1. The Hall–Kier alpha value is -1.71. The monoisotopic (exact) mass is 218 g/mol. The van der Waals surface area contributed by atoms with E-state index < -0.39 is 0 Å². The first kappa shape index (κ1) is 9.51. The molecule has 16 heavy (non-hydrogen) atoms. The lowest BCUT2D eigenvalue weighted by Gasteiger charge is -2.24. The molecule has 2 aromatic rings. The van der Waals surface area contributed by atoms with Crippen molar-refractivity contribution >= 4 is 16.8 Å². The predicted octanol–water partition coefficient (Wildman–Crippen LogP) is 2.16. The molecule has 0 N–H and O–H groups in total. The number of carbonyl (C=O) groups excluding carboxylic acids is 1. The summed E-state index contributed by atoms with van der Waals surface area (Å²) < 4.78 is 15.0. The maximum Gasteiger partial charge on any atom is 0.142 e. The molecule has 0 amide bonds. The lowest BCUT2D eigenvalue weighted by Crippen LogP contribution is -2.22. The Bertz CT molecular complexity index is 580. The van der Waals surface area contributed by atoms with Gasteiger partial charge < -0.3 is 4.57 Å². The van der Waals surface area contributed by atoms with Crippen molar-refractivity contribution < 1.29 is 9.18 Å². The minimum atomic E-state index is -0.325. The van der Waals surface area contributed by atoms with Crippen molar-refractivity contribution in [3.8, 4) is 0 Å². The molecular formula is C12H11FN2O. The van der Waals surface area contributed by atoms with E-state index in [0.717, 1.165) is 16.7 Å². The molecule has 0 aromatic carbocycles. The molecule has 0 unspecified atom stereocenters. The van der Waals surface area contributed by atoms with Crippen LogP contribution in [0.3, 0.4) is 0 Å². The van der Waals surface area contributed by atoms with Gasteiger partial charge in [-0.05, 0) is 12.1 Å². The fourth-order valence-electron chi connectivity index (χ4n) is 2.30.